The lowest BCUT2D eigenvalue weighted by Crippen LogP contribution is -2.28. The van der Waals surface area contributed by atoms with Crippen LogP contribution in [0.25, 0.3) is 10.9 Å². The maximum absolute atomic E-state index is 9.55. The monoisotopic (exact) mass is 268 g/mol. The van der Waals surface area contributed by atoms with E-state index < -0.39 is 0 Å². The third-order valence-electron chi connectivity index (χ3n) is 3.74. The molecule has 1 aliphatic carbocycles. The number of nitrogens with zero attached hydrogens (tertiary/aromatic N) is 3. The summed E-state index contributed by atoms with van der Waals surface area (Å²) in [5.41, 5.74) is 0.775. The van der Waals surface area contributed by atoms with Crippen molar-refractivity contribution < 1.29 is 5.11 Å². The first-order valence-electron chi connectivity index (χ1n) is 6.88. The Morgan fingerprint density at radius 1 is 1.15 bits per heavy atom. The zero-order valence-corrected chi connectivity index (χ0v) is 11.1. The minimum atomic E-state index is -0.176. The summed E-state index contributed by atoms with van der Waals surface area (Å²) in [6.07, 6.45) is 3.28. The minimum absolute atomic E-state index is 0.176. The van der Waals surface area contributed by atoms with Crippen molar-refractivity contribution in [2.24, 2.45) is 0 Å². The molecule has 0 aliphatic heterocycles. The number of nitriles is 1. The quantitative estimate of drug-likeness (QED) is 0.872. The lowest BCUT2D eigenvalue weighted by Gasteiger charge is -2.26. The van der Waals surface area contributed by atoms with Crippen molar-refractivity contribution in [1.29, 1.82) is 5.26 Å². The Labute approximate surface area is 117 Å². The number of nitrogens with one attached hydrogen (secondary N) is 1. The van der Waals surface area contributed by atoms with Crippen LogP contribution in [-0.4, -0.2) is 27.2 Å². The Balaban J connectivity index is 1.92. The molecule has 1 aliphatic rings. The molecular formula is C15H16N4O. The van der Waals surface area contributed by atoms with E-state index in [1.807, 2.05) is 30.3 Å². The molecule has 1 fully saturated rings. The summed E-state index contributed by atoms with van der Waals surface area (Å²) in [6.45, 7) is 0. The molecule has 2 N–H and O–H groups in total. The molecule has 0 unspecified atom stereocenters. The fraction of sp³-hybridized carbons (Fsp3) is 0.400. The Hall–Kier alpha value is -2.19. The van der Waals surface area contributed by atoms with E-state index in [4.69, 9.17) is 5.26 Å². The summed E-state index contributed by atoms with van der Waals surface area (Å²) in [6, 6.07) is 9.97. The molecule has 1 saturated carbocycles. The molecule has 0 bridgehead atoms. The predicted octanol–water partition coefficient (Wildman–Crippen LogP) is 2.22. The number of aliphatic hydroxyl groups is 1. The zero-order valence-electron chi connectivity index (χ0n) is 11.1. The van der Waals surface area contributed by atoms with Crippen molar-refractivity contribution in [3.05, 3.63) is 30.1 Å². The van der Waals surface area contributed by atoms with Gasteiger partial charge in [-0.25, -0.2) is 9.97 Å². The SMILES string of the molecule is N#Cc1nc(NC2CCC(O)CC2)c2ccccc2n1. The van der Waals surface area contributed by atoms with Crippen molar-refractivity contribution in [1.82, 2.24) is 9.97 Å². The molecule has 1 heterocycles. The maximum atomic E-state index is 9.55. The van der Waals surface area contributed by atoms with Crippen LogP contribution < -0.4 is 5.32 Å². The van der Waals surface area contributed by atoms with E-state index in [0.717, 1.165) is 36.6 Å². The van der Waals surface area contributed by atoms with Crippen LogP contribution in [0.15, 0.2) is 24.3 Å². The second-order valence-electron chi connectivity index (χ2n) is 5.17. The number of para-hydroxylation sites is 1. The smallest absolute Gasteiger partial charge is 0.234 e. The van der Waals surface area contributed by atoms with E-state index >= 15 is 0 Å². The van der Waals surface area contributed by atoms with E-state index in [0.29, 0.717) is 11.9 Å². The highest BCUT2D eigenvalue weighted by Gasteiger charge is 2.20. The second kappa shape index (κ2) is 5.43. The highest BCUT2D eigenvalue weighted by molar-refractivity contribution is 5.89. The third-order valence-corrected chi connectivity index (χ3v) is 3.74. The number of benzene rings is 1. The van der Waals surface area contributed by atoms with Gasteiger partial charge in [0.1, 0.15) is 11.9 Å². The van der Waals surface area contributed by atoms with Gasteiger partial charge in [0.15, 0.2) is 0 Å². The summed E-state index contributed by atoms with van der Waals surface area (Å²) in [7, 11) is 0. The minimum Gasteiger partial charge on any atom is -0.393 e. The van der Waals surface area contributed by atoms with Crippen molar-refractivity contribution >= 4 is 16.7 Å². The fourth-order valence-corrected chi connectivity index (χ4v) is 2.65. The molecule has 1 aromatic carbocycles. The van der Waals surface area contributed by atoms with Crippen LogP contribution in [0.3, 0.4) is 0 Å². The molecule has 5 heteroatoms. The average molecular weight is 268 g/mol. The number of hydrogen-bond donors (Lipinski definition) is 2. The van der Waals surface area contributed by atoms with Gasteiger partial charge in [-0.3, -0.25) is 0 Å². The van der Waals surface area contributed by atoms with Crippen molar-refractivity contribution in [3.8, 4) is 6.07 Å². The van der Waals surface area contributed by atoms with Gasteiger partial charge in [0.2, 0.25) is 5.82 Å². The third kappa shape index (κ3) is 2.56. The van der Waals surface area contributed by atoms with E-state index in [1.165, 1.54) is 0 Å². The molecule has 0 radical (unpaired) electrons. The predicted molar refractivity (Wildman–Crippen MR) is 76.1 cm³/mol. The Morgan fingerprint density at radius 2 is 1.90 bits per heavy atom. The van der Waals surface area contributed by atoms with Crippen LogP contribution >= 0.6 is 0 Å². The molecule has 0 amide bonds. The highest BCUT2D eigenvalue weighted by Crippen LogP contribution is 2.25. The summed E-state index contributed by atoms with van der Waals surface area (Å²) in [5, 5.41) is 22.9. The molecule has 0 saturated heterocycles. The van der Waals surface area contributed by atoms with Gasteiger partial charge in [-0.1, -0.05) is 12.1 Å². The van der Waals surface area contributed by atoms with Crippen LogP contribution in [0.4, 0.5) is 5.82 Å². The van der Waals surface area contributed by atoms with Gasteiger partial charge < -0.3 is 10.4 Å². The highest BCUT2D eigenvalue weighted by atomic mass is 16.3. The van der Waals surface area contributed by atoms with Crippen LogP contribution in [0, 0.1) is 11.3 Å². The van der Waals surface area contributed by atoms with Crippen molar-refractivity contribution in [3.63, 3.8) is 0 Å². The van der Waals surface area contributed by atoms with Gasteiger partial charge in [-0.2, -0.15) is 5.26 Å². The number of hydrogen-bond acceptors (Lipinski definition) is 5. The van der Waals surface area contributed by atoms with Gasteiger partial charge in [0.25, 0.3) is 0 Å². The number of anilines is 1. The normalized spacial score (nSPS) is 22.4. The average Bonchev–Trinajstić information content (AvgIpc) is 2.49. The Kier molecular flexibility index (Phi) is 3.48. The molecule has 3 rings (SSSR count). The molecule has 2 aromatic rings. The molecule has 0 spiro atoms. The van der Waals surface area contributed by atoms with Gasteiger partial charge in [-0.15, -0.1) is 0 Å². The van der Waals surface area contributed by atoms with E-state index in [-0.39, 0.29) is 11.9 Å². The first-order chi connectivity index (χ1) is 9.76. The van der Waals surface area contributed by atoms with Crippen LogP contribution in [-0.2, 0) is 0 Å². The fourth-order valence-electron chi connectivity index (χ4n) is 2.65. The molecule has 20 heavy (non-hydrogen) atoms. The lowest BCUT2D eigenvalue weighted by atomic mass is 9.93. The summed E-state index contributed by atoms with van der Waals surface area (Å²) in [4.78, 5) is 8.49. The standard InChI is InChI=1S/C15H16N4O/c16-9-14-18-13-4-2-1-3-12(13)15(19-14)17-10-5-7-11(20)8-6-10/h1-4,10-11,20H,5-8H2,(H,17,18,19). The van der Waals surface area contributed by atoms with Gasteiger partial charge in [-0.05, 0) is 37.8 Å². The van der Waals surface area contributed by atoms with Crippen molar-refractivity contribution in [2.75, 3.05) is 5.32 Å². The first kappa shape index (κ1) is 12.8. The summed E-state index contributed by atoms with van der Waals surface area (Å²) in [5.74, 6) is 0.899. The van der Waals surface area contributed by atoms with E-state index in [9.17, 15) is 5.11 Å². The lowest BCUT2D eigenvalue weighted by molar-refractivity contribution is 0.126. The summed E-state index contributed by atoms with van der Waals surface area (Å²) >= 11 is 0. The van der Waals surface area contributed by atoms with Crippen LogP contribution in [0.5, 0.6) is 0 Å². The van der Waals surface area contributed by atoms with Gasteiger partial charge in [0, 0.05) is 11.4 Å². The van der Waals surface area contributed by atoms with E-state index in [1.54, 1.807) is 0 Å². The van der Waals surface area contributed by atoms with Gasteiger partial charge in [0.05, 0.1) is 11.6 Å². The van der Waals surface area contributed by atoms with Gasteiger partial charge >= 0.3 is 0 Å². The number of aromatic nitrogens is 2. The molecule has 0 atom stereocenters. The first-order valence-corrected chi connectivity index (χ1v) is 6.88. The van der Waals surface area contributed by atoms with Crippen LogP contribution in [0.1, 0.15) is 31.5 Å². The number of aliphatic hydroxyl groups excluding tert-OH is 1. The largest absolute Gasteiger partial charge is 0.393 e. The Morgan fingerprint density at radius 3 is 2.65 bits per heavy atom. The number of rotatable bonds is 2. The second-order valence-corrected chi connectivity index (χ2v) is 5.17. The maximum Gasteiger partial charge on any atom is 0.234 e. The number of fused-ring (bicyclic) bond motifs is 1. The molecule has 102 valence electrons. The molecule has 1 aromatic heterocycles. The molecule has 5 nitrogen and oxygen atoms in total. The van der Waals surface area contributed by atoms with Crippen molar-refractivity contribution in [2.45, 2.75) is 37.8 Å². The van der Waals surface area contributed by atoms with Crippen LogP contribution in [0.2, 0.25) is 0 Å². The Bertz CT molecular complexity index is 656. The van der Waals surface area contributed by atoms with E-state index in [2.05, 4.69) is 15.3 Å². The topological polar surface area (TPSA) is 81.8 Å². The zero-order chi connectivity index (χ0) is 13.9. The molecular weight excluding hydrogens is 252 g/mol. The summed E-state index contributed by atoms with van der Waals surface area (Å²) < 4.78 is 0.